The van der Waals surface area contributed by atoms with Crippen LogP contribution in [0.25, 0.3) is 11.3 Å². The molecule has 0 aliphatic carbocycles. The van der Waals surface area contributed by atoms with Gasteiger partial charge in [-0.2, -0.15) is 4.98 Å². The van der Waals surface area contributed by atoms with Crippen molar-refractivity contribution in [2.45, 2.75) is 45.3 Å². The monoisotopic (exact) mass is 468 g/mol. The summed E-state index contributed by atoms with van der Waals surface area (Å²) in [5.74, 6) is 1.83. The lowest BCUT2D eigenvalue weighted by Crippen LogP contribution is -2.49. The van der Waals surface area contributed by atoms with Gasteiger partial charge in [-0.1, -0.05) is 0 Å². The van der Waals surface area contributed by atoms with E-state index in [1.807, 2.05) is 13.8 Å². The molecule has 1 amide bonds. The van der Waals surface area contributed by atoms with Gasteiger partial charge in [0.15, 0.2) is 0 Å². The first-order valence-electron chi connectivity index (χ1n) is 11.9. The summed E-state index contributed by atoms with van der Waals surface area (Å²) < 4.78 is 11.0. The van der Waals surface area contributed by atoms with E-state index in [2.05, 4.69) is 26.7 Å². The van der Waals surface area contributed by atoms with Crippen molar-refractivity contribution < 1.29 is 14.3 Å². The van der Waals surface area contributed by atoms with Crippen molar-refractivity contribution in [1.82, 2.24) is 24.8 Å². The van der Waals surface area contributed by atoms with Crippen LogP contribution in [0.2, 0.25) is 0 Å². The van der Waals surface area contributed by atoms with Gasteiger partial charge in [0.1, 0.15) is 5.82 Å². The number of rotatable bonds is 4. The third kappa shape index (κ3) is 4.20. The fraction of sp³-hybridized carbons (Fsp3) is 0.609. The minimum Gasteiger partial charge on any atom is -0.447 e. The standard InChI is InChI=1S/C23H32N8O3/c1-15(2)34-22(32)30-7-5-23(3,14-30)31-6-4-17-18(16-12-25-20(24)26-13-16)27-21(28-19(17)31)29-8-10-33-11-9-29/h12-13,15H,4-11,14H2,1-3H3,(H2,24,25,26)/t23-/m0/s1. The number of hydrogen-bond donors (Lipinski definition) is 1. The SMILES string of the molecule is CC(C)OC(=O)N1CC[C@](C)(N2CCc3c(-c4cnc(N)nc4)nc(N4CCOCC4)nc32)C1. The molecule has 2 N–H and O–H groups in total. The van der Waals surface area contributed by atoms with E-state index in [-0.39, 0.29) is 23.7 Å². The molecule has 2 saturated heterocycles. The molecule has 2 aromatic rings. The van der Waals surface area contributed by atoms with Gasteiger partial charge in [0.25, 0.3) is 0 Å². The molecule has 1 atom stereocenters. The molecule has 34 heavy (non-hydrogen) atoms. The number of carbonyl (C=O) groups is 1. The predicted octanol–water partition coefficient (Wildman–Crippen LogP) is 1.72. The normalized spacial score (nSPS) is 22.4. The lowest BCUT2D eigenvalue weighted by Gasteiger charge is -2.37. The minimum atomic E-state index is -0.255. The summed E-state index contributed by atoms with van der Waals surface area (Å²) in [4.78, 5) is 37.2. The highest BCUT2D eigenvalue weighted by Gasteiger charge is 2.45. The van der Waals surface area contributed by atoms with Gasteiger partial charge in [0.2, 0.25) is 11.9 Å². The number of fused-ring (bicyclic) bond motifs is 1. The largest absolute Gasteiger partial charge is 0.447 e. The molecule has 0 saturated carbocycles. The average molecular weight is 469 g/mol. The Morgan fingerprint density at radius 2 is 1.88 bits per heavy atom. The number of nitrogen functional groups attached to an aromatic ring is 1. The number of carbonyl (C=O) groups excluding carboxylic acids is 1. The Balaban J connectivity index is 1.51. The van der Waals surface area contributed by atoms with Crippen molar-refractivity contribution in [2.75, 3.05) is 61.5 Å². The lowest BCUT2D eigenvalue weighted by atomic mass is 9.99. The quantitative estimate of drug-likeness (QED) is 0.709. The van der Waals surface area contributed by atoms with Crippen molar-refractivity contribution in [3.05, 3.63) is 18.0 Å². The number of nitrogens with two attached hydrogens (primary N) is 1. The van der Waals surface area contributed by atoms with Gasteiger partial charge in [-0.05, 0) is 33.6 Å². The van der Waals surface area contributed by atoms with Gasteiger partial charge in [0.05, 0.1) is 30.6 Å². The van der Waals surface area contributed by atoms with E-state index in [0.29, 0.717) is 32.3 Å². The second-order valence-electron chi connectivity index (χ2n) is 9.61. The Morgan fingerprint density at radius 1 is 1.15 bits per heavy atom. The van der Waals surface area contributed by atoms with E-state index in [9.17, 15) is 4.79 Å². The van der Waals surface area contributed by atoms with E-state index in [0.717, 1.165) is 55.1 Å². The highest BCUT2D eigenvalue weighted by atomic mass is 16.6. The van der Waals surface area contributed by atoms with Gasteiger partial charge in [-0.25, -0.2) is 19.7 Å². The molecule has 0 radical (unpaired) electrons. The molecule has 0 bridgehead atoms. The third-order valence-corrected chi connectivity index (χ3v) is 6.75. The van der Waals surface area contributed by atoms with Crippen molar-refractivity contribution in [3.8, 4) is 11.3 Å². The molecule has 0 spiro atoms. The van der Waals surface area contributed by atoms with Crippen LogP contribution >= 0.6 is 0 Å². The number of aromatic nitrogens is 4. The molecular formula is C23H32N8O3. The molecule has 11 nitrogen and oxygen atoms in total. The van der Waals surface area contributed by atoms with E-state index >= 15 is 0 Å². The smallest absolute Gasteiger partial charge is 0.410 e. The van der Waals surface area contributed by atoms with E-state index in [1.54, 1.807) is 17.3 Å². The van der Waals surface area contributed by atoms with Crippen LogP contribution in [0.4, 0.5) is 22.5 Å². The molecule has 5 rings (SSSR count). The first kappa shape index (κ1) is 22.6. The second kappa shape index (κ2) is 8.86. The van der Waals surface area contributed by atoms with Crippen LogP contribution in [0.1, 0.15) is 32.8 Å². The fourth-order valence-electron chi connectivity index (χ4n) is 4.97. The first-order chi connectivity index (χ1) is 16.3. The number of nitrogens with zero attached hydrogens (tertiary/aromatic N) is 7. The zero-order valence-electron chi connectivity index (χ0n) is 20.0. The predicted molar refractivity (Wildman–Crippen MR) is 128 cm³/mol. The van der Waals surface area contributed by atoms with Crippen molar-refractivity contribution >= 4 is 23.8 Å². The molecular weight excluding hydrogens is 436 g/mol. The maximum absolute atomic E-state index is 12.5. The molecule has 3 aliphatic heterocycles. The first-order valence-corrected chi connectivity index (χ1v) is 11.9. The molecule has 0 aromatic carbocycles. The van der Waals surface area contributed by atoms with Gasteiger partial charge in [0, 0.05) is 56.2 Å². The highest BCUT2D eigenvalue weighted by molar-refractivity contribution is 5.74. The van der Waals surface area contributed by atoms with E-state index in [1.165, 1.54) is 0 Å². The number of morpholine rings is 1. The number of ether oxygens (including phenoxy) is 2. The highest BCUT2D eigenvalue weighted by Crippen LogP contribution is 2.41. The Hall–Kier alpha value is -3.21. The van der Waals surface area contributed by atoms with Gasteiger partial charge in [-0.3, -0.25) is 0 Å². The number of amides is 1. The number of anilines is 3. The average Bonchev–Trinajstić information content (AvgIpc) is 3.44. The molecule has 2 fully saturated rings. The van der Waals surface area contributed by atoms with Crippen LogP contribution in [0.5, 0.6) is 0 Å². The van der Waals surface area contributed by atoms with E-state index in [4.69, 9.17) is 25.2 Å². The Labute approximate surface area is 199 Å². The summed E-state index contributed by atoms with van der Waals surface area (Å²) in [5, 5.41) is 0. The molecule has 5 heterocycles. The van der Waals surface area contributed by atoms with Crippen molar-refractivity contribution in [1.29, 1.82) is 0 Å². The summed E-state index contributed by atoms with van der Waals surface area (Å²) in [6, 6.07) is 0. The number of likely N-dealkylation sites (tertiary alicyclic amines) is 1. The van der Waals surface area contributed by atoms with Crippen LogP contribution < -0.4 is 15.5 Å². The number of hydrogen-bond acceptors (Lipinski definition) is 10. The fourth-order valence-corrected chi connectivity index (χ4v) is 4.97. The maximum atomic E-state index is 12.5. The summed E-state index contributed by atoms with van der Waals surface area (Å²) in [7, 11) is 0. The molecule has 3 aliphatic rings. The second-order valence-corrected chi connectivity index (χ2v) is 9.61. The molecule has 2 aromatic heterocycles. The summed E-state index contributed by atoms with van der Waals surface area (Å²) >= 11 is 0. The van der Waals surface area contributed by atoms with Crippen LogP contribution in [0.15, 0.2) is 12.4 Å². The van der Waals surface area contributed by atoms with Gasteiger partial charge in [-0.15, -0.1) is 0 Å². The molecule has 182 valence electrons. The van der Waals surface area contributed by atoms with Crippen molar-refractivity contribution in [3.63, 3.8) is 0 Å². The van der Waals surface area contributed by atoms with E-state index < -0.39 is 0 Å². The maximum Gasteiger partial charge on any atom is 0.410 e. The van der Waals surface area contributed by atoms with Crippen LogP contribution in [-0.4, -0.2) is 88.5 Å². The zero-order valence-corrected chi connectivity index (χ0v) is 20.0. The zero-order chi connectivity index (χ0) is 23.9. The minimum absolute atomic E-state index is 0.139. The lowest BCUT2D eigenvalue weighted by molar-refractivity contribution is 0.0821. The summed E-state index contributed by atoms with van der Waals surface area (Å²) in [6.07, 6.45) is 4.70. The van der Waals surface area contributed by atoms with Gasteiger partial charge < -0.3 is 29.9 Å². The van der Waals surface area contributed by atoms with Gasteiger partial charge >= 0.3 is 6.09 Å². The Morgan fingerprint density at radius 3 is 2.59 bits per heavy atom. The van der Waals surface area contributed by atoms with Crippen LogP contribution in [0.3, 0.4) is 0 Å². The Bertz CT molecular complexity index is 1060. The molecule has 0 unspecified atom stereocenters. The third-order valence-electron chi connectivity index (χ3n) is 6.75. The summed E-state index contributed by atoms with van der Waals surface area (Å²) in [6.45, 7) is 10.8. The Kier molecular flexibility index (Phi) is 5.88. The van der Waals surface area contributed by atoms with Crippen LogP contribution in [0, 0.1) is 0 Å². The van der Waals surface area contributed by atoms with Crippen LogP contribution in [-0.2, 0) is 15.9 Å². The summed E-state index contributed by atoms with van der Waals surface area (Å²) in [5.41, 5.74) is 8.22. The molecule has 11 heteroatoms. The van der Waals surface area contributed by atoms with Crippen molar-refractivity contribution in [2.24, 2.45) is 0 Å². The topological polar surface area (TPSA) is 123 Å².